The van der Waals surface area contributed by atoms with Crippen LogP contribution in [0.2, 0.25) is 0 Å². The molecular weight excluding hydrogens is 416 g/mol. The van der Waals surface area contributed by atoms with E-state index in [2.05, 4.69) is 10.4 Å². The van der Waals surface area contributed by atoms with E-state index in [1.807, 2.05) is 80.6 Å². The van der Waals surface area contributed by atoms with Crippen molar-refractivity contribution in [3.63, 3.8) is 0 Å². The number of aryl methyl sites for hydroxylation is 1. The summed E-state index contributed by atoms with van der Waals surface area (Å²) >= 11 is 0. The lowest BCUT2D eigenvalue weighted by atomic mass is 10.1. The third-order valence-corrected chi connectivity index (χ3v) is 5.35. The summed E-state index contributed by atoms with van der Waals surface area (Å²) < 4.78 is 2.16. The molecule has 0 aliphatic heterocycles. The van der Waals surface area contributed by atoms with Gasteiger partial charge in [0.1, 0.15) is 0 Å². The number of hydrogen-bond donors (Lipinski definition) is 1. The summed E-state index contributed by atoms with van der Waals surface area (Å²) in [6, 6.07) is 25.4. The van der Waals surface area contributed by atoms with E-state index in [0.29, 0.717) is 5.69 Å². The van der Waals surface area contributed by atoms with Crippen LogP contribution in [0.15, 0.2) is 94.5 Å². The van der Waals surface area contributed by atoms with E-state index in [1.165, 1.54) is 0 Å². The van der Waals surface area contributed by atoms with E-state index in [1.54, 1.807) is 18.2 Å². The van der Waals surface area contributed by atoms with Gasteiger partial charge in [0.05, 0.1) is 18.3 Å². The number of hydrogen-bond acceptors (Lipinski definition) is 4. The molecule has 7 heteroatoms. The average molecular weight is 441 g/mol. The first-order valence-corrected chi connectivity index (χ1v) is 10.6. The van der Waals surface area contributed by atoms with Crippen LogP contribution in [0, 0.1) is 6.92 Å². The maximum atomic E-state index is 13.3. The first kappa shape index (κ1) is 22.0. The van der Waals surface area contributed by atoms with E-state index in [-0.39, 0.29) is 18.3 Å². The molecule has 1 aromatic heterocycles. The van der Waals surface area contributed by atoms with E-state index in [9.17, 15) is 14.4 Å². The van der Waals surface area contributed by atoms with Gasteiger partial charge in [0.2, 0.25) is 5.69 Å². The van der Waals surface area contributed by atoms with Gasteiger partial charge in [-0.1, -0.05) is 72.8 Å². The highest BCUT2D eigenvalue weighted by Gasteiger charge is 2.22. The highest BCUT2D eigenvalue weighted by atomic mass is 16.2. The zero-order valence-electron chi connectivity index (χ0n) is 18.4. The van der Waals surface area contributed by atoms with Gasteiger partial charge >= 0.3 is 5.69 Å². The van der Waals surface area contributed by atoms with Crippen molar-refractivity contribution in [2.75, 3.05) is 0 Å². The summed E-state index contributed by atoms with van der Waals surface area (Å²) in [5.74, 6) is -0.639. The van der Waals surface area contributed by atoms with E-state index in [4.69, 9.17) is 0 Å². The molecule has 0 aliphatic rings. The van der Waals surface area contributed by atoms with Gasteiger partial charge in [-0.2, -0.15) is 9.78 Å². The van der Waals surface area contributed by atoms with E-state index >= 15 is 0 Å². The summed E-state index contributed by atoms with van der Waals surface area (Å²) in [4.78, 5) is 39.6. The normalized spacial score (nSPS) is 11.7. The lowest BCUT2D eigenvalue weighted by molar-refractivity contribution is 0.0930. The van der Waals surface area contributed by atoms with Crippen LogP contribution in [0.1, 0.15) is 40.1 Å². The molecule has 3 aromatic carbocycles. The van der Waals surface area contributed by atoms with Gasteiger partial charge in [-0.25, -0.2) is 4.79 Å². The molecule has 0 aliphatic carbocycles. The predicted octanol–water partition coefficient (Wildman–Crippen LogP) is 3.24. The van der Waals surface area contributed by atoms with Gasteiger partial charge in [0.25, 0.3) is 11.5 Å². The first-order valence-electron chi connectivity index (χ1n) is 10.6. The maximum Gasteiger partial charge on any atom is 0.352 e. The Bertz CT molecular complexity index is 1390. The fourth-order valence-electron chi connectivity index (χ4n) is 3.58. The average Bonchev–Trinajstić information content (AvgIpc) is 2.83. The largest absolute Gasteiger partial charge is 0.352 e. The lowest BCUT2D eigenvalue weighted by Crippen LogP contribution is -2.46. The number of benzene rings is 3. The highest BCUT2D eigenvalue weighted by Crippen LogP contribution is 2.12. The Morgan fingerprint density at radius 3 is 2.27 bits per heavy atom. The number of rotatable bonds is 6. The monoisotopic (exact) mass is 440 g/mol. The molecule has 1 heterocycles. The number of nitrogens with one attached hydrogen (secondary N) is 1. The minimum Gasteiger partial charge on any atom is -0.344 e. The van der Waals surface area contributed by atoms with Gasteiger partial charge in [-0.15, -0.1) is 0 Å². The SMILES string of the molecule is Cc1cccc(-n2nc(C(=O)N[C@@H](C)c3ccccc3)c(=O)n(Cc3ccccc3)c2=O)c1. The zero-order valence-corrected chi connectivity index (χ0v) is 18.4. The quantitative estimate of drug-likeness (QED) is 0.499. The first-order chi connectivity index (χ1) is 15.9. The standard InChI is InChI=1S/C26H24N4O3/c1-18-10-9-15-22(16-18)30-26(33)29(17-20-11-5-3-6-12-20)25(32)23(28-30)24(31)27-19(2)21-13-7-4-8-14-21/h3-16,19H,17H2,1-2H3,(H,27,31)/t19-/m0/s1. The second kappa shape index (κ2) is 9.48. The molecule has 1 N–H and O–H groups in total. The van der Waals surface area contributed by atoms with E-state index in [0.717, 1.165) is 25.9 Å². The van der Waals surface area contributed by atoms with Crippen molar-refractivity contribution in [2.45, 2.75) is 26.4 Å². The van der Waals surface area contributed by atoms with Crippen LogP contribution in [0.4, 0.5) is 0 Å². The number of carbonyl (C=O) groups is 1. The minimum atomic E-state index is -0.731. The molecule has 0 spiro atoms. The number of amides is 1. The van der Waals surface area contributed by atoms with Crippen LogP contribution >= 0.6 is 0 Å². The summed E-state index contributed by atoms with van der Waals surface area (Å²) in [6.07, 6.45) is 0. The Morgan fingerprint density at radius 2 is 1.61 bits per heavy atom. The summed E-state index contributed by atoms with van der Waals surface area (Å²) in [5.41, 5.74) is 1.38. The van der Waals surface area contributed by atoms with Gasteiger partial charge in [0, 0.05) is 0 Å². The fraction of sp³-hybridized carbons (Fsp3) is 0.154. The zero-order chi connectivity index (χ0) is 23.4. The minimum absolute atomic E-state index is 0.0291. The molecule has 4 aromatic rings. The van der Waals surface area contributed by atoms with Crippen molar-refractivity contribution in [1.29, 1.82) is 0 Å². The summed E-state index contributed by atoms with van der Waals surface area (Å²) in [5, 5.41) is 7.01. The second-order valence-corrected chi connectivity index (χ2v) is 7.86. The van der Waals surface area contributed by atoms with Gasteiger partial charge in [-0.3, -0.25) is 14.2 Å². The lowest BCUT2D eigenvalue weighted by Gasteiger charge is -2.16. The third-order valence-electron chi connectivity index (χ3n) is 5.35. The van der Waals surface area contributed by atoms with Crippen LogP contribution in [-0.4, -0.2) is 20.3 Å². The molecule has 0 saturated heterocycles. The Labute approximate surface area is 191 Å². The molecular formula is C26H24N4O3. The van der Waals surface area contributed by atoms with Crippen molar-refractivity contribution in [3.8, 4) is 5.69 Å². The Morgan fingerprint density at radius 1 is 0.939 bits per heavy atom. The molecule has 0 unspecified atom stereocenters. The highest BCUT2D eigenvalue weighted by molar-refractivity contribution is 5.92. The molecule has 1 amide bonds. The van der Waals surface area contributed by atoms with Gasteiger partial charge < -0.3 is 5.32 Å². The smallest absolute Gasteiger partial charge is 0.344 e. The van der Waals surface area contributed by atoms with Crippen molar-refractivity contribution >= 4 is 5.91 Å². The Hall–Kier alpha value is -4.26. The summed E-state index contributed by atoms with van der Waals surface area (Å²) in [7, 11) is 0. The Kier molecular flexibility index (Phi) is 6.31. The van der Waals surface area contributed by atoms with Gasteiger partial charge in [0.15, 0.2) is 0 Å². The molecule has 166 valence electrons. The Balaban J connectivity index is 1.81. The van der Waals surface area contributed by atoms with Crippen LogP contribution in [-0.2, 0) is 6.54 Å². The van der Waals surface area contributed by atoms with Crippen LogP contribution in [0.25, 0.3) is 5.69 Å². The van der Waals surface area contributed by atoms with Crippen molar-refractivity contribution in [3.05, 3.63) is 128 Å². The van der Waals surface area contributed by atoms with Crippen molar-refractivity contribution < 1.29 is 4.79 Å². The van der Waals surface area contributed by atoms with Crippen LogP contribution < -0.4 is 16.6 Å². The fourth-order valence-corrected chi connectivity index (χ4v) is 3.58. The molecule has 4 rings (SSSR count). The molecule has 0 bridgehead atoms. The van der Waals surface area contributed by atoms with Gasteiger partial charge in [-0.05, 0) is 42.7 Å². The molecule has 7 nitrogen and oxygen atoms in total. The topological polar surface area (TPSA) is 86.0 Å². The number of carbonyl (C=O) groups excluding carboxylic acids is 1. The maximum absolute atomic E-state index is 13.3. The molecule has 0 radical (unpaired) electrons. The van der Waals surface area contributed by atoms with Crippen LogP contribution in [0.5, 0.6) is 0 Å². The van der Waals surface area contributed by atoms with Crippen molar-refractivity contribution in [1.82, 2.24) is 19.7 Å². The summed E-state index contributed by atoms with van der Waals surface area (Å²) in [6.45, 7) is 3.75. The van der Waals surface area contributed by atoms with E-state index < -0.39 is 17.2 Å². The number of nitrogens with zero attached hydrogens (tertiary/aromatic N) is 3. The van der Waals surface area contributed by atoms with Crippen LogP contribution in [0.3, 0.4) is 0 Å². The molecule has 0 saturated carbocycles. The van der Waals surface area contributed by atoms with Crippen molar-refractivity contribution in [2.24, 2.45) is 0 Å². The number of aromatic nitrogens is 3. The second-order valence-electron chi connectivity index (χ2n) is 7.86. The predicted molar refractivity (Wildman–Crippen MR) is 127 cm³/mol. The third kappa shape index (κ3) is 4.82. The molecule has 1 atom stereocenters. The molecule has 0 fully saturated rings. The molecule has 33 heavy (non-hydrogen) atoms.